The maximum atomic E-state index is 12.9. The first kappa shape index (κ1) is 23.5. The van der Waals surface area contributed by atoms with Gasteiger partial charge in [0.05, 0.1) is 49.2 Å². The molecule has 34 heavy (non-hydrogen) atoms. The van der Waals surface area contributed by atoms with Crippen molar-refractivity contribution < 1.29 is 20.1 Å². The van der Waals surface area contributed by atoms with E-state index in [1.54, 1.807) is 6.07 Å². The number of anilines is 2. The number of nitrogens with zero attached hydrogens (tertiary/aromatic N) is 1. The number of hydrogen-bond donors (Lipinski definition) is 5. The van der Waals surface area contributed by atoms with E-state index in [1.165, 1.54) is 60.7 Å². The highest BCUT2D eigenvalue weighted by Crippen LogP contribution is 2.33. The van der Waals surface area contributed by atoms with E-state index in [0.717, 1.165) is 0 Å². The first-order valence-corrected chi connectivity index (χ1v) is 10.9. The Bertz CT molecular complexity index is 1400. The standard InChI is InChI=1S/C24H16Cl3N3O4/c25-15-7-12(31)1-4-18(15)28-21-10-23(30-20-6-3-14(33)9-17(20)27)24(34)11-22(21)29-19-5-2-13(32)8-16(19)26/h1-11,29-33H/b28-21+. The van der Waals surface area contributed by atoms with E-state index < -0.39 is 0 Å². The lowest BCUT2D eigenvalue weighted by Crippen LogP contribution is -2.22. The summed E-state index contributed by atoms with van der Waals surface area (Å²) in [6, 6.07) is 13.0. The Balaban J connectivity index is 1.75. The van der Waals surface area contributed by atoms with Crippen LogP contribution >= 0.6 is 34.8 Å². The van der Waals surface area contributed by atoms with Gasteiger partial charge in [-0.25, -0.2) is 4.99 Å². The van der Waals surface area contributed by atoms with Gasteiger partial charge in [-0.3, -0.25) is 4.79 Å². The molecule has 7 nitrogen and oxygen atoms in total. The number of hydrogen-bond acceptors (Lipinski definition) is 7. The van der Waals surface area contributed by atoms with Gasteiger partial charge in [-0.1, -0.05) is 34.8 Å². The molecule has 3 aromatic rings. The number of phenols is 3. The smallest absolute Gasteiger partial charge is 0.204 e. The maximum Gasteiger partial charge on any atom is 0.204 e. The number of nitrogens with one attached hydrogen (secondary N) is 2. The largest absolute Gasteiger partial charge is 0.508 e. The Kier molecular flexibility index (Phi) is 6.70. The SMILES string of the molecule is O=C1C=C(Nc2ccc(O)cc2Cl)/C(=N/c2ccc(O)cc2Cl)C=C1Nc1ccc(O)cc1Cl. The third-order valence-electron chi connectivity index (χ3n) is 4.71. The maximum absolute atomic E-state index is 12.9. The average Bonchev–Trinajstić information content (AvgIpc) is 2.76. The first-order chi connectivity index (χ1) is 16.2. The number of carbonyl (C=O) groups excluding carboxylic acids is 1. The quantitative estimate of drug-likeness (QED) is 0.198. The molecule has 1 aliphatic rings. The highest BCUT2D eigenvalue weighted by molar-refractivity contribution is 6.35. The molecule has 172 valence electrons. The Morgan fingerprint density at radius 3 is 1.68 bits per heavy atom. The van der Waals surface area contributed by atoms with Crippen molar-refractivity contribution in [3.8, 4) is 17.2 Å². The fraction of sp³-hybridized carbons (Fsp3) is 0. The first-order valence-electron chi connectivity index (χ1n) is 9.76. The van der Waals surface area contributed by atoms with Crippen LogP contribution in [0.15, 0.2) is 83.1 Å². The molecule has 0 atom stereocenters. The molecule has 0 bridgehead atoms. The van der Waals surface area contributed by atoms with Crippen LogP contribution in [0.4, 0.5) is 17.1 Å². The second kappa shape index (κ2) is 9.69. The van der Waals surface area contributed by atoms with Gasteiger partial charge >= 0.3 is 0 Å². The molecule has 0 saturated heterocycles. The zero-order valence-corrected chi connectivity index (χ0v) is 19.4. The third kappa shape index (κ3) is 5.28. The number of ketones is 1. The van der Waals surface area contributed by atoms with Crippen LogP contribution in [0.2, 0.25) is 15.1 Å². The van der Waals surface area contributed by atoms with Crippen molar-refractivity contribution in [2.24, 2.45) is 4.99 Å². The predicted octanol–water partition coefficient (Wildman–Crippen LogP) is 6.41. The molecule has 4 rings (SSSR count). The van der Waals surface area contributed by atoms with Gasteiger partial charge in [-0.2, -0.15) is 0 Å². The number of carbonyl (C=O) groups is 1. The van der Waals surface area contributed by atoms with Crippen LogP contribution < -0.4 is 10.6 Å². The van der Waals surface area contributed by atoms with Crippen LogP contribution in [0.3, 0.4) is 0 Å². The summed E-state index contributed by atoms with van der Waals surface area (Å²) in [5.41, 5.74) is 2.02. The topological polar surface area (TPSA) is 114 Å². The highest BCUT2D eigenvalue weighted by atomic mass is 35.5. The van der Waals surface area contributed by atoms with Crippen LogP contribution in [0.1, 0.15) is 0 Å². The van der Waals surface area contributed by atoms with Gasteiger partial charge in [0.15, 0.2) is 0 Å². The lowest BCUT2D eigenvalue weighted by Gasteiger charge is -2.19. The molecule has 0 spiro atoms. The molecule has 0 aliphatic heterocycles. The summed E-state index contributed by atoms with van der Waals surface area (Å²) in [6.45, 7) is 0. The minimum atomic E-state index is -0.378. The Morgan fingerprint density at radius 2 is 1.15 bits per heavy atom. The van der Waals surface area contributed by atoms with E-state index in [2.05, 4.69) is 15.6 Å². The van der Waals surface area contributed by atoms with Gasteiger partial charge in [-0.15, -0.1) is 0 Å². The van der Waals surface area contributed by atoms with Gasteiger partial charge in [-0.05, 0) is 42.5 Å². The van der Waals surface area contributed by atoms with Crippen molar-refractivity contribution in [3.63, 3.8) is 0 Å². The molecule has 10 heteroatoms. The monoisotopic (exact) mass is 515 g/mol. The molecule has 1 aliphatic carbocycles. The van der Waals surface area contributed by atoms with Crippen molar-refractivity contribution in [2.75, 3.05) is 10.6 Å². The molecule has 3 aromatic carbocycles. The van der Waals surface area contributed by atoms with Gasteiger partial charge in [0.1, 0.15) is 17.2 Å². The van der Waals surface area contributed by atoms with Crippen molar-refractivity contribution in [1.29, 1.82) is 0 Å². The summed E-state index contributed by atoms with van der Waals surface area (Å²) >= 11 is 18.6. The van der Waals surface area contributed by atoms with Gasteiger partial charge in [0.2, 0.25) is 5.78 Å². The minimum absolute atomic E-state index is 0.00817. The number of aromatic hydroxyl groups is 3. The summed E-state index contributed by atoms with van der Waals surface area (Å²) in [5, 5.41) is 35.5. The summed E-state index contributed by atoms with van der Waals surface area (Å²) in [4.78, 5) is 17.5. The fourth-order valence-electron chi connectivity index (χ4n) is 3.08. The van der Waals surface area contributed by atoms with Crippen LogP contribution in [-0.4, -0.2) is 26.8 Å². The number of allylic oxidation sites excluding steroid dienone is 2. The average molecular weight is 517 g/mol. The summed E-state index contributed by atoms with van der Waals surface area (Å²) < 4.78 is 0. The van der Waals surface area contributed by atoms with Gasteiger partial charge in [0, 0.05) is 24.3 Å². The molecule has 5 N–H and O–H groups in total. The second-order valence-electron chi connectivity index (χ2n) is 7.19. The molecule has 0 fully saturated rings. The Hall–Kier alpha value is -3.65. The molecule has 0 heterocycles. The van der Waals surface area contributed by atoms with E-state index in [-0.39, 0.29) is 43.8 Å². The molecular weight excluding hydrogens is 501 g/mol. The van der Waals surface area contributed by atoms with Crippen LogP contribution in [0.25, 0.3) is 0 Å². The van der Waals surface area contributed by atoms with Crippen LogP contribution in [0, 0.1) is 0 Å². The number of phenolic OH excluding ortho intramolecular Hbond substituents is 3. The summed E-state index contributed by atoms with van der Waals surface area (Å²) in [5.74, 6) is -0.415. The lowest BCUT2D eigenvalue weighted by molar-refractivity contribution is -0.111. The number of halogens is 3. The molecule has 0 saturated carbocycles. The van der Waals surface area contributed by atoms with Crippen molar-refractivity contribution in [1.82, 2.24) is 0 Å². The second-order valence-corrected chi connectivity index (χ2v) is 8.41. The van der Waals surface area contributed by atoms with E-state index in [9.17, 15) is 20.1 Å². The van der Waals surface area contributed by atoms with Crippen molar-refractivity contribution >= 4 is 63.4 Å². The summed E-state index contributed by atoms with van der Waals surface area (Å²) in [6.07, 6.45) is 2.83. The number of rotatable bonds is 5. The van der Waals surface area contributed by atoms with E-state index >= 15 is 0 Å². The Labute approximate surface area is 209 Å². The highest BCUT2D eigenvalue weighted by Gasteiger charge is 2.21. The van der Waals surface area contributed by atoms with Crippen LogP contribution in [0.5, 0.6) is 17.2 Å². The van der Waals surface area contributed by atoms with Crippen molar-refractivity contribution in [3.05, 3.63) is 93.2 Å². The van der Waals surface area contributed by atoms with E-state index in [4.69, 9.17) is 34.8 Å². The molecular formula is C24H16Cl3N3O4. The summed E-state index contributed by atoms with van der Waals surface area (Å²) in [7, 11) is 0. The third-order valence-corrected chi connectivity index (χ3v) is 5.64. The molecule has 0 amide bonds. The minimum Gasteiger partial charge on any atom is -0.508 e. The molecule has 0 aromatic heterocycles. The zero-order valence-electron chi connectivity index (χ0n) is 17.2. The van der Waals surface area contributed by atoms with Gasteiger partial charge < -0.3 is 26.0 Å². The normalized spacial score (nSPS) is 14.6. The fourth-order valence-corrected chi connectivity index (χ4v) is 3.74. The molecule has 0 radical (unpaired) electrons. The zero-order chi connectivity index (χ0) is 24.4. The van der Waals surface area contributed by atoms with E-state index in [1.807, 2.05) is 0 Å². The van der Waals surface area contributed by atoms with Crippen molar-refractivity contribution in [2.45, 2.75) is 0 Å². The molecule has 0 unspecified atom stereocenters. The van der Waals surface area contributed by atoms with Gasteiger partial charge in [0.25, 0.3) is 0 Å². The lowest BCUT2D eigenvalue weighted by atomic mass is 10.0. The van der Waals surface area contributed by atoms with E-state index in [0.29, 0.717) is 28.5 Å². The number of aliphatic imine (C=N–C) groups is 1. The Morgan fingerprint density at radius 1 is 0.647 bits per heavy atom. The number of benzene rings is 3. The van der Waals surface area contributed by atoms with Crippen LogP contribution in [-0.2, 0) is 4.79 Å². The predicted molar refractivity (Wildman–Crippen MR) is 135 cm³/mol.